The highest BCUT2D eigenvalue weighted by Gasteiger charge is 2.37. The molecule has 2 aromatic rings. The second-order valence-corrected chi connectivity index (χ2v) is 6.74. The van der Waals surface area contributed by atoms with E-state index in [0.717, 1.165) is 15.6 Å². The van der Waals surface area contributed by atoms with Crippen LogP contribution < -0.4 is 10.5 Å². The van der Waals surface area contributed by atoms with E-state index in [2.05, 4.69) is 25.7 Å². The summed E-state index contributed by atoms with van der Waals surface area (Å²) in [7, 11) is 0. The molecular weight excluding hydrogens is 394 g/mol. The largest absolute Gasteiger partial charge is 0.435 e. The standard InChI is InChI=1S/C18H17BrF2N2O2/c1-11-7-13(5-6-15(11)25-17(20)21)18(10-24-9-16(22)23-18)12-3-2-4-14(19)8-12/h2-8,17H,9-10H2,1H3,(H2,22,23)/t18-/m1/s1. The van der Waals surface area contributed by atoms with Gasteiger partial charge in [0.2, 0.25) is 0 Å². The fourth-order valence-electron chi connectivity index (χ4n) is 2.96. The first-order valence-corrected chi connectivity index (χ1v) is 8.44. The molecule has 3 rings (SSSR count). The number of alkyl halides is 2. The molecule has 0 radical (unpaired) electrons. The van der Waals surface area contributed by atoms with Gasteiger partial charge in [-0.3, -0.25) is 4.99 Å². The maximum Gasteiger partial charge on any atom is 0.387 e. The summed E-state index contributed by atoms with van der Waals surface area (Å²) in [6.07, 6.45) is 0. The lowest BCUT2D eigenvalue weighted by molar-refractivity contribution is -0.0503. The third-order valence-electron chi connectivity index (χ3n) is 4.07. The van der Waals surface area contributed by atoms with Gasteiger partial charge in [-0.1, -0.05) is 34.1 Å². The summed E-state index contributed by atoms with van der Waals surface area (Å²) < 4.78 is 36.1. The van der Waals surface area contributed by atoms with Crippen molar-refractivity contribution in [3.05, 3.63) is 63.6 Å². The SMILES string of the molecule is Cc1cc([C@]2(c3cccc(Br)c3)COCC(N)=N2)ccc1OC(F)F. The number of amidine groups is 1. The number of ether oxygens (including phenoxy) is 2. The van der Waals surface area contributed by atoms with E-state index in [4.69, 9.17) is 10.5 Å². The van der Waals surface area contributed by atoms with Crippen molar-refractivity contribution >= 4 is 21.8 Å². The number of aliphatic imine (C=N–C) groups is 1. The van der Waals surface area contributed by atoms with Crippen LogP contribution in [-0.4, -0.2) is 25.7 Å². The minimum absolute atomic E-state index is 0.136. The minimum atomic E-state index is -2.87. The molecule has 2 aromatic carbocycles. The fraction of sp³-hybridized carbons (Fsp3) is 0.278. The molecule has 1 aliphatic heterocycles. The number of benzene rings is 2. The Morgan fingerprint density at radius 3 is 2.64 bits per heavy atom. The number of nitrogens with zero attached hydrogens (tertiary/aromatic N) is 1. The van der Waals surface area contributed by atoms with Crippen molar-refractivity contribution in [2.45, 2.75) is 19.1 Å². The third kappa shape index (κ3) is 3.67. The van der Waals surface area contributed by atoms with Crippen molar-refractivity contribution in [3.8, 4) is 5.75 Å². The van der Waals surface area contributed by atoms with E-state index in [-0.39, 0.29) is 12.4 Å². The lowest BCUT2D eigenvalue weighted by Crippen LogP contribution is -2.40. The van der Waals surface area contributed by atoms with Crippen molar-refractivity contribution < 1.29 is 18.3 Å². The van der Waals surface area contributed by atoms with Gasteiger partial charge in [-0.05, 0) is 47.9 Å². The van der Waals surface area contributed by atoms with Crippen LogP contribution in [0.5, 0.6) is 5.75 Å². The Labute approximate surface area is 152 Å². The Hall–Kier alpha value is -1.99. The quantitative estimate of drug-likeness (QED) is 0.828. The number of rotatable bonds is 4. The number of nitrogens with two attached hydrogens (primary N) is 1. The number of hydrogen-bond acceptors (Lipinski definition) is 4. The van der Waals surface area contributed by atoms with Gasteiger partial charge in [0.05, 0.1) is 6.61 Å². The van der Waals surface area contributed by atoms with Gasteiger partial charge in [0.1, 0.15) is 23.7 Å². The predicted octanol–water partition coefficient (Wildman–Crippen LogP) is 3.99. The Balaban J connectivity index is 2.13. The molecule has 0 bridgehead atoms. The molecule has 7 heteroatoms. The van der Waals surface area contributed by atoms with Gasteiger partial charge in [0.15, 0.2) is 0 Å². The topological polar surface area (TPSA) is 56.8 Å². The van der Waals surface area contributed by atoms with E-state index in [9.17, 15) is 8.78 Å². The number of hydrogen-bond donors (Lipinski definition) is 1. The first-order valence-electron chi connectivity index (χ1n) is 7.64. The van der Waals surface area contributed by atoms with E-state index >= 15 is 0 Å². The summed E-state index contributed by atoms with van der Waals surface area (Å²) in [6, 6.07) is 12.7. The molecule has 0 amide bonds. The average molecular weight is 411 g/mol. The molecule has 0 fully saturated rings. The maximum atomic E-state index is 12.5. The van der Waals surface area contributed by atoms with Gasteiger partial charge in [0, 0.05) is 4.47 Å². The lowest BCUT2D eigenvalue weighted by atomic mass is 9.82. The van der Waals surface area contributed by atoms with Crippen LogP contribution in [0.3, 0.4) is 0 Å². The van der Waals surface area contributed by atoms with Gasteiger partial charge in [-0.2, -0.15) is 8.78 Å². The second kappa shape index (κ2) is 7.09. The summed E-state index contributed by atoms with van der Waals surface area (Å²) in [5, 5.41) is 0. The minimum Gasteiger partial charge on any atom is -0.435 e. The molecule has 0 spiro atoms. The van der Waals surface area contributed by atoms with Crippen molar-refractivity contribution in [2.75, 3.05) is 13.2 Å². The molecule has 2 N–H and O–H groups in total. The van der Waals surface area contributed by atoms with Crippen molar-refractivity contribution in [1.29, 1.82) is 0 Å². The van der Waals surface area contributed by atoms with Crippen LogP contribution in [0, 0.1) is 6.92 Å². The Morgan fingerprint density at radius 1 is 1.24 bits per heavy atom. The smallest absolute Gasteiger partial charge is 0.387 e. The molecule has 0 saturated heterocycles. The first-order chi connectivity index (χ1) is 11.9. The van der Waals surface area contributed by atoms with Crippen LogP contribution in [0.2, 0.25) is 0 Å². The lowest BCUT2D eigenvalue weighted by Gasteiger charge is -2.35. The molecule has 132 valence electrons. The van der Waals surface area contributed by atoms with Crippen molar-refractivity contribution in [1.82, 2.24) is 0 Å². The van der Waals surface area contributed by atoms with E-state index in [1.807, 2.05) is 24.3 Å². The molecule has 0 saturated carbocycles. The maximum absolute atomic E-state index is 12.5. The summed E-state index contributed by atoms with van der Waals surface area (Å²) in [6.45, 7) is -0.581. The zero-order chi connectivity index (χ0) is 18.0. The highest BCUT2D eigenvalue weighted by molar-refractivity contribution is 9.10. The molecule has 0 unspecified atom stereocenters. The average Bonchev–Trinajstić information content (AvgIpc) is 2.56. The van der Waals surface area contributed by atoms with Crippen LogP contribution in [0.25, 0.3) is 0 Å². The normalized spacial score (nSPS) is 20.4. The number of halogens is 3. The molecule has 4 nitrogen and oxygen atoms in total. The van der Waals surface area contributed by atoms with Gasteiger partial charge in [-0.15, -0.1) is 0 Å². The van der Waals surface area contributed by atoms with Crippen LogP contribution in [0.1, 0.15) is 16.7 Å². The Kier molecular flexibility index (Phi) is 5.06. The van der Waals surface area contributed by atoms with Crippen LogP contribution >= 0.6 is 15.9 Å². The molecule has 0 aliphatic carbocycles. The summed E-state index contributed by atoms with van der Waals surface area (Å²) in [4.78, 5) is 4.69. The fourth-order valence-corrected chi connectivity index (χ4v) is 3.36. The highest BCUT2D eigenvalue weighted by Crippen LogP contribution is 2.39. The Morgan fingerprint density at radius 2 is 2.00 bits per heavy atom. The van der Waals surface area contributed by atoms with Crippen LogP contribution in [0.4, 0.5) is 8.78 Å². The molecule has 1 heterocycles. The summed E-state index contributed by atoms with van der Waals surface area (Å²) in [5.74, 6) is 0.522. The second-order valence-electron chi connectivity index (χ2n) is 5.83. The molecular formula is C18H17BrF2N2O2. The van der Waals surface area contributed by atoms with Gasteiger partial charge < -0.3 is 15.2 Å². The van der Waals surface area contributed by atoms with Crippen molar-refractivity contribution in [3.63, 3.8) is 0 Å². The van der Waals surface area contributed by atoms with Crippen molar-refractivity contribution in [2.24, 2.45) is 10.7 Å². The van der Waals surface area contributed by atoms with E-state index in [1.54, 1.807) is 19.1 Å². The van der Waals surface area contributed by atoms with Crippen LogP contribution in [-0.2, 0) is 10.3 Å². The number of aryl methyl sites for hydroxylation is 1. The van der Waals surface area contributed by atoms with Gasteiger partial charge in [-0.25, -0.2) is 0 Å². The van der Waals surface area contributed by atoms with Crippen LogP contribution in [0.15, 0.2) is 51.9 Å². The summed E-state index contributed by atoms with van der Waals surface area (Å²) >= 11 is 3.47. The Bertz CT molecular complexity index is 813. The highest BCUT2D eigenvalue weighted by atomic mass is 79.9. The predicted molar refractivity (Wildman–Crippen MR) is 95.2 cm³/mol. The molecule has 25 heavy (non-hydrogen) atoms. The monoisotopic (exact) mass is 410 g/mol. The van der Waals surface area contributed by atoms with E-state index in [0.29, 0.717) is 18.0 Å². The van der Waals surface area contributed by atoms with E-state index in [1.165, 1.54) is 6.07 Å². The molecule has 1 aliphatic rings. The third-order valence-corrected chi connectivity index (χ3v) is 4.56. The van der Waals surface area contributed by atoms with E-state index < -0.39 is 12.2 Å². The van der Waals surface area contributed by atoms with Gasteiger partial charge >= 0.3 is 6.61 Å². The summed E-state index contributed by atoms with van der Waals surface area (Å²) in [5.41, 5.74) is 7.40. The zero-order valence-corrected chi connectivity index (χ0v) is 15.1. The molecule has 0 aromatic heterocycles. The zero-order valence-electron chi connectivity index (χ0n) is 13.5. The molecule has 1 atom stereocenters. The van der Waals surface area contributed by atoms with Gasteiger partial charge in [0.25, 0.3) is 0 Å². The first kappa shape index (κ1) is 17.8.